The number of hydrogen-bond donors (Lipinski definition) is 0. The van der Waals surface area contributed by atoms with E-state index in [1.165, 1.54) is 0 Å². The highest BCUT2D eigenvalue weighted by Gasteiger charge is 2.41. The number of nitrogens with zero attached hydrogens (tertiary/aromatic N) is 2. The largest absolute Gasteiger partial charge is 0.383 e. The highest BCUT2D eigenvalue weighted by molar-refractivity contribution is 5.85. The zero-order valence-corrected chi connectivity index (χ0v) is 16.2. The first-order valence-electron chi connectivity index (χ1n) is 9.08. The first kappa shape index (κ1) is 20.4. The molecule has 1 aromatic carbocycles. The summed E-state index contributed by atoms with van der Waals surface area (Å²) < 4.78 is 10.3. The molecule has 1 aliphatic rings. The number of hydrogen-bond acceptors (Lipinski definition) is 4. The second kappa shape index (κ2) is 9.69. The van der Waals surface area contributed by atoms with E-state index in [0.717, 1.165) is 11.1 Å². The zero-order valence-electron chi connectivity index (χ0n) is 16.2. The van der Waals surface area contributed by atoms with Crippen molar-refractivity contribution in [2.24, 2.45) is 5.92 Å². The molecule has 1 saturated heterocycles. The molecule has 0 N–H and O–H groups in total. The topological polar surface area (TPSA) is 59.1 Å². The Hall–Kier alpha value is -1.92. The van der Waals surface area contributed by atoms with Crippen LogP contribution in [-0.4, -0.2) is 69.2 Å². The van der Waals surface area contributed by atoms with Crippen LogP contribution in [0.1, 0.15) is 30.0 Å². The molecule has 6 nitrogen and oxygen atoms in total. The van der Waals surface area contributed by atoms with Crippen molar-refractivity contribution in [3.8, 4) is 0 Å². The van der Waals surface area contributed by atoms with Crippen molar-refractivity contribution in [1.82, 2.24) is 9.80 Å². The fourth-order valence-electron chi connectivity index (χ4n) is 3.46. The summed E-state index contributed by atoms with van der Waals surface area (Å²) in [6, 6.07) is 7.84. The highest BCUT2D eigenvalue weighted by atomic mass is 16.5. The summed E-state index contributed by atoms with van der Waals surface area (Å²) in [6.45, 7) is 4.00. The van der Waals surface area contributed by atoms with E-state index in [4.69, 9.17) is 9.47 Å². The highest BCUT2D eigenvalue weighted by Crippen LogP contribution is 2.37. The van der Waals surface area contributed by atoms with Gasteiger partial charge in [0.15, 0.2) is 0 Å². The number of amides is 2. The van der Waals surface area contributed by atoms with E-state index in [0.29, 0.717) is 39.1 Å². The molecule has 0 saturated carbocycles. The number of likely N-dealkylation sites (N-methyl/N-ethyl adjacent to an activating group) is 1. The molecule has 144 valence electrons. The Labute approximate surface area is 156 Å². The quantitative estimate of drug-likeness (QED) is 0.710. The van der Waals surface area contributed by atoms with Crippen molar-refractivity contribution in [2.45, 2.75) is 25.8 Å². The SMILES string of the molecule is COCCN(C)C(=O)[C@@H]1CCC(=O)N(CCOC)[C@@H]1c1ccc(C)cc1. The maximum Gasteiger partial charge on any atom is 0.227 e. The Bertz CT molecular complexity index is 602. The van der Waals surface area contributed by atoms with Crippen molar-refractivity contribution in [3.05, 3.63) is 35.4 Å². The van der Waals surface area contributed by atoms with Crippen molar-refractivity contribution in [1.29, 1.82) is 0 Å². The molecule has 0 radical (unpaired) electrons. The van der Waals surface area contributed by atoms with Gasteiger partial charge in [-0.1, -0.05) is 29.8 Å². The summed E-state index contributed by atoms with van der Waals surface area (Å²) >= 11 is 0. The average molecular weight is 362 g/mol. The minimum absolute atomic E-state index is 0.0579. The Kier molecular flexibility index (Phi) is 7.60. The zero-order chi connectivity index (χ0) is 19.1. The molecule has 6 heteroatoms. The van der Waals surface area contributed by atoms with E-state index in [1.807, 2.05) is 36.1 Å². The molecular formula is C20H30N2O4. The lowest BCUT2D eigenvalue weighted by atomic mass is 9.83. The van der Waals surface area contributed by atoms with E-state index in [-0.39, 0.29) is 23.8 Å². The maximum absolute atomic E-state index is 13.1. The second-order valence-corrected chi connectivity index (χ2v) is 6.83. The van der Waals surface area contributed by atoms with Crippen LogP contribution in [0.3, 0.4) is 0 Å². The smallest absolute Gasteiger partial charge is 0.227 e. The third kappa shape index (κ3) is 4.83. The van der Waals surface area contributed by atoms with Crippen LogP contribution in [0.5, 0.6) is 0 Å². The van der Waals surface area contributed by atoms with Crippen LogP contribution >= 0.6 is 0 Å². The van der Waals surface area contributed by atoms with Gasteiger partial charge in [0, 0.05) is 40.8 Å². The number of aryl methyl sites for hydroxylation is 1. The van der Waals surface area contributed by atoms with Crippen molar-refractivity contribution < 1.29 is 19.1 Å². The van der Waals surface area contributed by atoms with Crippen LogP contribution in [0.2, 0.25) is 0 Å². The van der Waals surface area contributed by atoms with Crippen LogP contribution in [0.25, 0.3) is 0 Å². The number of piperidine rings is 1. The fraction of sp³-hybridized carbons (Fsp3) is 0.600. The lowest BCUT2D eigenvalue weighted by Crippen LogP contribution is -2.49. The van der Waals surface area contributed by atoms with Gasteiger partial charge >= 0.3 is 0 Å². The Balaban J connectivity index is 2.32. The molecule has 1 aliphatic heterocycles. The molecule has 0 unspecified atom stereocenters. The van der Waals surface area contributed by atoms with Gasteiger partial charge in [-0.15, -0.1) is 0 Å². The minimum atomic E-state index is -0.260. The van der Waals surface area contributed by atoms with Gasteiger partial charge in [0.05, 0.1) is 25.2 Å². The van der Waals surface area contributed by atoms with Crippen molar-refractivity contribution >= 4 is 11.8 Å². The minimum Gasteiger partial charge on any atom is -0.383 e. The molecule has 1 aromatic rings. The molecule has 2 atom stereocenters. The van der Waals surface area contributed by atoms with Gasteiger partial charge in [-0.05, 0) is 18.9 Å². The molecule has 0 bridgehead atoms. The number of carbonyl (C=O) groups excluding carboxylic acids is 2. The average Bonchev–Trinajstić information content (AvgIpc) is 2.65. The first-order chi connectivity index (χ1) is 12.5. The number of rotatable bonds is 8. The summed E-state index contributed by atoms with van der Waals surface area (Å²) in [5.41, 5.74) is 2.15. The van der Waals surface area contributed by atoms with E-state index < -0.39 is 0 Å². The molecule has 26 heavy (non-hydrogen) atoms. The molecule has 0 aliphatic carbocycles. The predicted molar refractivity (Wildman–Crippen MR) is 99.7 cm³/mol. The normalized spacial score (nSPS) is 20.3. The lowest BCUT2D eigenvalue weighted by Gasteiger charge is -2.42. The summed E-state index contributed by atoms with van der Waals surface area (Å²) in [4.78, 5) is 29.2. The van der Waals surface area contributed by atoms with Crippen LogP contribution in [0.4, 0.5) is 0 Å². The molecule has 1 heterocycles. The van der Waals surface area contributed by atoms with E-state index in [9.17, 15) is 9.59 Å². The van der Waals surface area contributed by atoms with Crippen LogP contribution in [-0.2, 0) is 19.1 Å². The second-order valence-electron chi connectivity index (χ2n) is 6.83. The van der Waals surface area contributed by atoms with Gasteiger partial charge in [-0.3, -0.25) is 9.59 Å². The third-order valence-electron chi connectivity index (χ3n) is 4.99. The molecule has 2 rings (SSSR count). The summed E-state index contributed by atoms with van der Waals surface area (Å²) in [5, 5.41) is 0. The van der Waals surface area contributed by atoms with Crippen LogP contribution in [0.15, 0.2) is 24.3 Å². The Morgan fingerprint density at radius 3 is 2.46 bits per heavy atom. The van der Waals surface area contributed by atoms with Crippen molar-refractivity contribution in [3.63, 3.8) is 0 Å². The van der Waals surface area contributed by atoms with Crippen LogP contribution < -0.4 is 0 Å². The van der Waals surface area contributed by atoms with Gasteiger partial charge in [0.2, 0.25) is 11.8 Å². The number of carbonyl (C=O) groups is 2. The van der Waals surface area contributed by atoms with E-state index >= 15 is 0 Å². The third-order valence-corrected chi connectivity index (χ3v) is 4.99. The number of methoxy groups -OCH3 is 2. The van der Waals surface area contributed by atoms with Gasteiger partial charge in [0.25, 0.3) is 0 Å². The molecule has 1 fully saturated rings. The Morgan fingerprint density at radius 1 is 1.19 bits per heavy atom. The lowest BCUT2D eigenvalue weighted by molar-refractivity contribution is -0.148. The van der Waals surface area contributed by atoms with Gasteiger partial charge in [-0.2, -0.15) is 0 Å². The monoisotopic (exact) mass is 362 g/mol. The standard InChI is InChI=1S/C20H30N2O4/c1-15-5-7-16(8-6-15)19-17(20(24)21(2)11-13-25-3)9-10-18(23)22(19)12-14-26-4/h5-8,17,19H,9-14H2,1-4H3/t17-,19-/m1/s1. The Morgan fingerprint density at radius 2 is 1.85 bits per heavy atom. The van der Waals surface area contributed by atoms with Crippen molar-refractivity contribution in [2.75, 3.05) is 47.6 Å². The maximum atomic E-state index is 13.1. The number of benzene rings is 1. The fourth-order valence-corrected chi connectivity index (χ4v) is 3.46. The molecule has 0 spiro atoms. The number of likely N-dealkylation sites (tertiary alicyclic amines) is 1. The first-order valence-corrected chi connectivity index (χ1v) is 9.08. The molecular weight excluding hydrogens is 332 g/mol. The molecule has 2 amide bonds. The summed E-state index contributed by atoms with van der Waals surface area (Å²) in [6.07, 6.45) is 0.956. The van der Waals surface area contributed by atoms with Gasteiger partial charge in [0.1, 0.15) is 0 Å². The predicted octanol–water partition coefficient (Wildman–Crippen LogP) is 2.03. The van der Waals surface area contributed by atoms with Gasteiger partial charge < -0.3 is 19.3 Å². The van der Waals surface area contributed by atoms with Gasteiger partial charge in [-0.25, -0.2) is 0 Å². The van der Waals surface area contributed by atoms with Crippen LogP contribution in [0, 0.1) is 12.8 Å². The van der Waals surface area contributed by atoms with E-state index in [1.54, 1.807) is 26.2 Å². The summed E-state index contributed by atoms with van der Waals surface area (Å²) in [7, 11) is 5.04. The summed E-state index contributed by atoms with van der Waals surface area (Å²) in [5.74, 6) is -0.118. The number of ether oxygens (including phenoxy) is 2. The molecule has 0 aromatic heterocycles. The van der Waals surface area contributed by atoms with E-state index in [2.05, 4.69) is 0 Å².